The average Bonchev–Trinajstić information content (AvgIpc) is 2.46. The summed E-state index contributed by atoms with van der Waals surface area (Å²) in [6.07, 6.45) is -4.00. The van der Waals surface area contributed by atoms with Crippen molar-refractivity contribution in [3.8, 4) is 0 Å². The third-order valence-electron chi connectivity index (χ3n) is 3.40. The first-order valence-electron chi connectivity index (χ1n) is 6.59. The molecule has 0 bridgehead atoms. The highest BCUT2D eigenvalue weighted by Crippen LogP contribution is 2.35. The van der Waals surface area contributed by atoms with Crippen LogP contribution < -0.4 is 11.3 Å². The van der Waals surface area contributed by atoms with E-state index in [9.17, 15) is 13.2 Å². The van der Waals surface area contributed by atoms with Gasteiger partial charge in [-0.15, -0.1) is 0 Å². The summed E-state index contributed by atoms with van der Waals surface area (Å²) in [7, 11) is 0. The number of rotatable bonds is 4. The van der Waals surface area contributed by atoms with Crippen molar-refractivity contribution in [2.75, 3.05) is 0 Å². The Balaban J connectivity index is 2.32. The topological polar surface area (TPSA) is 38.0 Å². The van der Waals surface area contributed by atoms with Crippen molar-refractivity contribution in [1.82, 2.24) is 5.43 Å². The molecule has 2 aromatic carbocycles. The summed E-state index contributed by atoms with van der Waals surface area (Å²) < 4.78 is 39.2. The van der Waals surface area contributed by atoms with Crippen LogP contribution in [0.25, 0.3) is 0 Å². The van der Waals surface area contributed by atoms with Gasteiger partial charge >= 0.3 is 6.18 Å². The van der Waals surface area contributed by atoms with E-state index in [1.54, 1.807) is 6.07 Å². The summed E-state index contributed by atoms with van der Waals surface area (Å²) in [6, 6.07) is 12.6. The second-order valence-corrected chi connectivity index (χ2v) is 4.99. The lowest BCUT2D eigenvalue weighted by molar-refractivity contribution is -0.138. The van der Waals surface area contributed by atoms with Gasteiger partial charge < -0.3 is 0 Å². The molecule has 0 heterocycles. The predicted molar refractivity (Wildman–Crippen MR) is 76.4 cm³/mol. The van der Waals surface area contributed by atoms with Gasteiger partial charge in [0.2, 0.25) is 0 Å². The number of nitrogens with two attached hydrogens (primary N) is 1. The second-order valence-electron chi connectivity index (χ2n) is 4.99. The third-order valence-corrected chi connectivity index (χ3v) is 3.40. The molecule has 0 aliphatic rings. The molecule has 21 heavy (non-hydrogen) atoms. The average molecular weight is 294 g/mol. The zero-order valence-electron chi connectivity index (χ0n) is 11.6. The number of nitrogens with one attached hydrogen (secondary N) is 1. The number of aryl methyl sites for hydroxylation is 1. The first kappa shape index (κ1) is 15.5. The molecule has 5 heteroatoms. The van der Waals surface area contributed by atoms with Gasteiger partial charge in [-0.05, 0) is 30.5 Å². The van der Waals surface area contributed by atoms with Crippen LogP contribution in [-0.2, 0) is 12.6 Å². The first-order chi connectivity index (χ1) is 9.91. The molecule has 0 radical (unpaired) electrons. The zero-order chi connectivity index (χ0) is 15.5. The first-order valence-corrected chi connectivity index (χ1v) is 6.59. The van der Waals surface area contributed by atoms with Gasteiger partial charge in [-0.1, -0.05) is 48.0 Å². The number of hydrazine groups is 1. The Morgan fingerprint density at radius 2 is 1.67 bits per heavy atom. The molecular weight excluding hydrogens is 277 g/mol. The minimum Gasteiger partial charge on any atom is -0.271 e. The maximum absolute atomic E-state index is 13.1. The van der Waals surface area contributed by atoms with Crippen LogP contribution in [0.1, 0.15) is 28.3 Å². The maximum Gasteiger partial charge on any atom is 0.416 e. The summed E-state index contributed by atoms with van der Waals surface area (Å²) in [4.78, 5) is 0. The maximum atomic E-state index is 13.1. The molecule has 0 amide bonds. The lowest BCUT2D eigenvalue weighted by Gasteiger charge is -2.21. The Morgan fingerprint density at radius 3 is 2.24 bits per heavy atom. The van der Waals surface area contributed by atoms with E-state index in [0.29, 0.717) is 6.42 Å². The fraction of sp³-hybridized carbons (Fsp3) is 0.250. The second kappa shape index (κ2) is 6.28. The van der Waals surface area contributed by atoms with Crippen molar-refractivity contribution in [1.29, 1.82) is 0 Å². The van der Waals surface area contributed by atoms with Gasteiger partial charge in [0, 0.05) is 0 Å². The monoisotopic (exact) mass is 294 g/mol. The summed E-state index contributed by atoms with van der Waals surface area (Å²) in [5, 5.41) is 0. The van der Waals surface area contributed by atoms with E-state index in [1.165, 1.54) is 12.1 Å². The molecule has 0 aliphatic heterocycles. The molecule has 112 valence electrons. The van der Waals surface area contributed by atoms with Crippen LogP contribution >= 0.6 is 0 Å². The van der Waals surface area contributed by atoms with Crippen molar-refractivity contribution in [2.45, 2.75) is 25.6 Å². The van der Waals surface area contributed by atoms with Crippen LogP contribution in [0.4, 0.5) is 13.2 Å². The highest BCUT2D eigenvalue weighted by atomic mass is 19.4. The van der Waals surface area contributed by atoms with E-state index in [-0.39, 0.29) is 5.56 Å². The summed E-state index contributed by atoms with van der Waals surface area (Å²) in [6.45, 7) is 1.96. The van der Waals surface area contributed by atoms with Crippen molar-refractivity contribution >= 4 is 0 Å². The number of benzene rings is 2. The molecule has 0 fully saturated rings. The van der Waals surface area contributed by atoms with E-state index in [4.69, 9.17) is 5.84 Å². The highest BCUT2D eigenvalue weighted by molar-refractivity contribution is 5.34. The number of hydrogen-bond donors (Lipinski definition) is 2. The Hall–Kier alpha value is -1.85. The van der Waals surface area contributed by atoms with E-state index in [2.05, 4.69) is 5.43 Å². The SMILES string of the molecule is Cc1ccc(CC(NN)c2ccccc2C(F)(F)F)cc1. The molecule has 0 aliphatic carbocycles. The number of halogens is 3. The highest BCUT2D eigenvalue weighted by Gasteiger charge is 2.34. The van der Waals surface area contributed by atoms with Crippen LogP contribution in [0.3, 0.4) is 0 Å². The van der Waals surface area contributed by atoms with E-state index < -0.39 is 17.8 Å². The van der Waals surface area contributed by atoms with Gasteiger partial charge in [-0.25, -0.2) is 0 Å². The molecule has 0 saturated heterocycles. The van der Waals surface area contributed by atoms with E-state index in [1.807, 2.05) is 31.2 Å². The van der Waals surface area contributed by atoms with Crippen molar-refractivity contribution in [2.24, 2.45) is 5.84 Å². The Kier molecular flexibility index (Phi) is 4.65. The molecule has 0 aromatic heterocycles. The fourth-order valence-corrected chi connectivity index (χ4v) is 2.28. The van der Waals surface area contributed by atoms with Crippen LogP contribution in [0.5, 0.6) is 0 Å². The van der Waals surface area contributed by atoms with Gasteiger partial charge in [0.15, 0.2) is 0 Å². The molecule has 1 unspecified atom stereocenters. The van der Waals surface area contributed by atoms with Gasteiger partial charge in [0.25, 0.3) is 0 Å². The summed E-state index contributed by atoms with van der Waals surface area (Å²) >= 11 is 0. The van der Waals surface area contributed by atoms with Crippen molar-refractivity contribution < 1.29 is 13.2 Å². The van der Waals surface area contributed by atoms with Crippen molar-refractivity contribution in [3.63, 3.8) is 0 Å². The third kappa shape index (κ3) is 3.83. The van der Waals surface area contributed by atoms with E-state index >= 15 is 0 Å². The number of hydrogen-bond acceptors (Lipinski definition) is 2. The molecular formula is C16H17F3N2. The molecule has 0 saturated carbocycles. The predicted octanol–water partition coefficient (Wildman–Crippen LogP) is 3.76. The van der Waals surface area contributed by atoms with Gasteiger partial charge in [0.1, 0.15) is 0 Å². The Morgan fingerprint density at radius 1 is 1.05 bits per heavy atom. The molecule has 2 aromatic rings. The Labute approximate surface area is 121 Å². The quantitative estimate of drug-likeness (QED) is 0.665. The van der Waals surface area contributed by atoms with Crippen molar-refractivity contribution in [3.05, 3.63) is 70.8 Å². The fourth-order valence-electron chi connectivity index (χ4n) is 2.28. The smallest absolute Gasteiger partial charge is 0.271 e. The Bertz CT molecular complexity index is 591. The minimum atomic E-state index is -4.39. The lowest BCUT2D eigenvalue weighted by atomic mass is 9.94. The van der Waals surface area contributed by atoms with Gasteiger partial charge in [-0.3, -0.25) is 11.3 Å². The molecule has 2 rings (SSSR count). The zero-order valence-corrected chi connectivity index (χ0v) is 11.6. The van der Waals surface area contributed by atoms with E-state index in [0.717, 1.165) is 17.2 Å². The normalized spacial score (nSPS) is 13.2. The van der Waals surface area contributed by atoms with Crippen LogP contribution in [0.2, 0.25) is 0 Å². The summed E-state index contributed by atoms with van der Waals surface area (Å²) in [5.74, 6) is 5.48. The van der Waals surface area contributed by atoms with Gasteiger partial charge in [0.05, 0.1) is 11.6 Å². The van der Waals surface area contributed by atoms with Crippen LogP contribution in [0.15, 0.2) is 48.5 Å². The van der Waals surface area contributed by atoms with Crippen LogP contribution in [-0.4, -0.2) is 0 Å². The minimum absolute atomic E-state index is 0.160. The standard InChI is InChI=1S/C16H17F3N2/c1-11-6-8-12(9-7-11)10-15(21-20)13-4-2-3-5-14(13)16(17,18)19/h2-9,15,21H,10,20H2,1H3. The lowest BCUT2D eigenvalue weighted by Crippen LogP contribution is -2.31. The molecule has 1 atom stereocenters. The van der Waals surface area contributed by atoms with Gasteiger partial charge in [-0.2, -0.15) is 13.2 Å². The molecule has 0 spiro atoms. The summed E-state index contributed by atoms with van der Waals surface area (Å²) in [5.41, 5.74) is 4.04. The van der Waals surface area contributed by atoms with Crippen LogP contribution in [0, 0.1) is 6.92 Å². The molecule has 2 nitrogen and oxygen atoms in total. The largest absolute Gasteiger partial charge is 0.416 e. The number of alkyl halides is 3. The molecule has 3 N–H and O–H groups in total.